The zero-order chi connectivity index (χ0) is 14.8. The van der Waals surface area contributed by atoms with Crippen LogP contribution in [-0.2, 0) is 4.79 Å². The van der Waals surface area contributed by atoms with Crippen LogP contribution in [-0.4, -0.2) is 40.8 Å². The third-order valence-electron chi connectivity index (χ3n) is 4.06. The molecule has 1 aromatic rings. The molecule has 5 nitrogen and oxygen atoms in total. The van der Waals surface area contributed by atoms with E-state index in [1.165, 1.54) is 4.90 Å². The van der Waals surface area contributed by atoms with Crippen LogP contribution in [0.3, 0.4) is 0 Å². The number of carbonyl (C=O) groups excluding carboxylic acids is 1. The Labute approximate surface area is 127 Å². The molecule has 0 aliphatic carbocycles. The van der Waals surface area contributed by atoms with Gasteiger partial charge in [-0.1, -0.05) is 18.2 Å². The number of fused-ring (bicyclic) bond motifs is 1. The average Bonchev–Trinajstić information content (AvgIpc) is 2.91. The number of nitrogens with zero attached hydrogens (tertiary/aromatic N) is 1. The van der Waals surface area contributed by atoms with Gasteiger partial charge < -0.3 is 15.3 Å². The highest BCUT2D eigenvalue weighted by Crippen LogP contribution is 2.37. The van der Waals surface area contributed by atoms with Crippen LogP contribution in [0.1, 0.15) is 24.4 Å². The van der Waals surface area contributed by atoms with Gasteiger partial charge in [-0.3, -0.25) is 4.79 Å². The number of thioether (sulfide) groups is 1. The van der Waals surface area contributed by atoms with Crippen LogP contribution in [0.4, 0.5) is 4.79 Å². The van der Waals surface area contributed by atoms with E-state index in [1.54, 1.807) is 16.7 Å². The molecule has 2 atom stereocenters. The van der Waals surface area contributed by atoms with Crippen LogP contribution < -0.4 is 5.32 Å². The average molecular weight is 306 g/mol. The second-order valence-corrected chi connectivity index (χ2v) is 6.54. The molecule has 2 heterocycles. The van der Waals surface area contributed by atoms with Crippen molar-refractivity contribution in [2.75, 3.05) is 18.8 Å². The Kier molecular flexibility index (Phi) is 4.05. The van der Waals surface area contributed by atoms with Crippen molar-refractivity contribution in [2.45, 2.75) is 23.8 Å². The van der Waals surface area contributed by atoms with E-state index < -0.39 is 11.9 Å². The molecule has 1 saturated heterocycles. The molecule has 2 unspecified atom stereocenters. The first kappa shape index (κ1) is 14.3. The van der Waals surface area contributed by atoms with E-state index in [0.29, 0.717) is 19.5 Å². The lowest BCUT2D eigenvalue weighted by Crippen LogP contribution is -2.47. The van der Waals surface area contributed by atoms with Gasteiger partial charge in [-0.05, 0) is 24.5 Å². The summed E-state index contributed by atoms with van der Waals surface area (Å²) in [7, 11) is 0. The van der Waals surface area contributed by atoms with E-state index in [-0.39, 0.29) is 12.1 Å². The number of amides is 2. The van der Waals surface area contributed by atoms with Gasteiger partial charge in [0.1, 0.15) is 0 Å². The van der Waals surface area contributed by atoms with Crippen molar-refractivity contribution in [3.63, 3.8) is 0 Å². The van der Waals surface area contributed by atoms with Crippen molar-refractivity contribution in [3.8, 4) is 0 Å². The summed E-state index contributed by atoms with van der Waals surface area (Å²) in [4.78, 5) is 26.3. The number of likely N-dealkylation sites (tertiary alicyclic amines) is 1. The SMILES string of the molecule is O=C(O)C1CCCN(C(=O)NC2CSc3ccccc32)C1. The summed E-state index contributed by atoms with van der Waals surface area (Å²) >= 11 is 1.74. The fourth-order valence-corrected chi connectivity index (χ4v) is 4.05. The Balaban J connectivity index is 1.63. The summed E-state index contributed by atoms with van der Waals surface area (Å²) in [6, 6.07) is 7.94. The van der Waals surface area contributed by atoms with Crippen LogP contribution in [0.5, 0.6) is 0 Å². The number of hydrogen-bond acceptors (Lipinski definition) is 3. The zero-order valence-electron chi connectivity index (χ0n) is 11.6. The fourth-order valence-electron chi connectivity index (χ4n) is 2.89. The lowest BCUT2D eigenvalue weighted by molar-refractivity contribution is -0.143. The molecular formula is C15H18N2O3S. The van der Waals surface area contributed by atoms with Crippen molar-refractivity contribution in [3.05, 3.63) is 29.8 Å². The fraction of sp³-hybridized carbons (Fsp3) is 0.467. The largest absolute Gasteiger partial charge is 0.481 e. The lowest BCUT2D eigenvalue weighted by atomic mass is 9.98. The van der Waals surface area contributed by atoms with E-state index in [9.17, 15) is 9.59 Å². The quantitative estimate of drug-likeness (QED) is 0.880. The molecule has 112 valence electrons. The normalized spacial score (nSPS) is 24.5. The van der Waals surface area contributed by atoms with Crippen molar-refractivity contribution in [1.29, 1.82) is 0 Å². The third-order valence-corrected chi connectivity index (χ3v) is 5.24. The first-order valence-corrected chi connectivity index (χ1v) is 8.13. The van der Waals surface area contributed by atoms with Crippen molar-refractivity contribution in [1.82, 2.24) is 10.2 Å². The van der Waals surface area contributed by atoms with Gasteiger partial charge in [0.2, 0.25) is 0 Å². The molecule has 3 rings (SSSR count). The van der Waals surface area contributed by atoms with Crippen LogP contribution in [0.25, 0.3) is 0 Å². The number of aliphatic carboxylic acids is 1. The van der Waals surface area contributed by atoms with Gasteiger partial charge in [0.25, 0.3) is 0 Å². The minimum absolute atomic E-state index is 0.0175. The van der Waals surface area contributed by atoms with Gasteiger partial charge in [-0.25, -0.2) is 4.79 Å². The Bertz CT molecular complexity index is 564. The molecule has 0 aromatic heterocycles. The van der Waals surface area contributed by atoms with Crippen molar-refractivity contribution in [2.24, 2.45) is 5.92 Å². The van der Waals surface area contributed by atoms with Crippen molar-refractivity contribution < 1.29 is 14.7 Å². The number of nitrogens with one attached hydrogen (secondary N) is 1. The molecule has 2 aliphatic rings. The zero-order valence-corrected chi connectivity index (χ0v) is 12.4. The number of urea groups is 1. The molecule has 0 saturated carbocycles. The Morgan fingerprint density at radius 2 is 2.14 bits per heavy atom. The topological polar surface area (TPSA) is 69.6 Å². The van der Waals surface area contributed by atoms with Gasteiger partial charge in [-0.15, -0.1) is 11.8 Å². The predicted octanol–water partition coefficient (Wildman–Crippen LogP) is 2.34. The van der Waals surface area contributed by atoms with E-state index in [2.05, 4.69) is 11.4 Å². The maximum atomic E-state index is 12.3. The maximum absolute atomic E-state index is 12.3. The van der Waals surface area contributed by atoms with E-state index in [1.807, 2.05) is 18.2 Å². The van der Waals surface area contributed by atoms with Crippen LogP contribution in [0, 0.1) is 5.92 Å². The number of piperidine rings is 1. The van der Waals surface area contributed by atoms with Crippen LogP contribution in [0.15, 0.2) is 29.2 Å². The lowest BCUT2D eigenvalue weighted by Gasteiger charge is -2.31. The second kappa shape index (κ2) is 5.97. The monoisotopic (exact) mass is 306 g/mol. The number of rotatable bonds is 2. The summed E-state index contributed by atoms with van der Waals surface area (Å²) in [5.74, 6) is -0.412. The number of benzene rings is 1. The third kappa shape index (κ3) is 3.00. The number of carboxylic acids is 1. The van der Waals surface area contributed by atoms with E-state index in [4.69, 9.17) is 5.11 Å². The van der Waals surface area contributed by atoms with Crippen LogP contribution in [0.2, 0.25) is 0 Å². The molecule has 2 aliphatic heterocycles. The van der Waals surface area contributed by atoms with Gasteiger partial charge in [-0.2, -0.15) is 0 Å². The Morgan fingerprint density at radius 1 is 1.33 bits per heavy atom. The number of carbonyl (C=O) groups is 2. The summed E-state index contributed by atoms with van der Waals surface area (Å²) in [6.07, 6.45) is 1.40. The molecule has 2 amide bonds. The minimum Gasteiger partial charge on any atom is -0.481 e. The standard InChI is InChI=1S/C15H18N2O3S/c18-14(19)10-4-3-7-17(8-10)15(20)16-12-9-21-13-6-2-1-5-11(12)13/h1-2,5-6,10,12H,3-4,7-9H2,(H,16,20)(H,18,19). The van der Waals surface area contributed by atoms with E-state index >= 15 is 0 Å². The summed E-state index contributed by atoms with van der Waals surface area (Å²) < 4.78 is 0. The van der Waals surface area contributed by atoms with Gasteiger partial charge in [0, 0.05) is 23.7 Å². The van der Waals surface area contributed by atoms with Crippen LogP contribution >= 0.6 is 11.8 Å². The Hall–Kier alpha value is -1.69. The first-order valence-electron chi connectivity index (χ1n) is 7.15. The minimum atomic E-state index is -0.811. The van der Waals surface area contributed by atoms with Crippen molar-refractivity contribution >= 4 is 23.8 Å². The molecule has 21 heavy (non-hydrogen) atoms. The van der Waals surface area contributed by atoms with E-state index in [0.717, 1.165) is 17.7 Å². The smallest absolute Gasteiger partial charge is 0.317 e. The molecule has 6 heteroatoms. The summed E-state index contributed by atoms with van der Waals surface area (Å²) in [5.41, 5.74) is 1.16. The highest BCUT2D eigenvalue weighted by atomic mass is 32.2. The highest BCUT2D eigenvalue weighted by Gasteiger charge is 2.30. The molecule has 1 fully saturated rings. The molecule has 0 bridgehead atoms. The molecule has 0 radical (unpaired) electrons. The van der Waals surface area contributed by atoms with Gasteiger partial charge >= 0.3 is 12.0 Å². The first-order chi connectivity index (χ1) is 10.1. The molecule has 1 aromatic carbocycles. The predicted molar refractivity (Wildman–Crippen MR) is 80.4 cm³/mol. The number of carboxylic acid groups (broad SMARTS) is 1. The number of hydrogen-bond donors (Lipinski definition) is 2. The summed E-state index contributed by atoms with van der Waals surface area (Å²) in [5, 5.41) is 12.1. The molecule has 0 spiro atoms. The summed E-state index contributed by atoms with van der Waals surface area (Å²) in [6.45, 7) is 0.944. The highest BCUT2D eigenvalue weighted by molar-refractivity contribution is 7.99. The molecule has 2 N–H and O–H groups in total. The van der Waals surface area contributed by atoms with Gasteiger partial charge in [0.05, 0.1) is 12.0 Å². The second-order valence-electron chi connectivity index (χ2n) is 5.47. The van der Waals surface area contributed by atoms with Gasteiger partial charge in [0.15, 0.2) is 0 Å². The maximum Gasteiger partial charge on any atom is 0.317 e. The molecular weight excluding hydrogens is 288 g/mol. The Morgan fingerprint density at radius 3 is 2.95 bits per heavy atom.